The Kier molecular flexibility index (Phi) is 6.71. The van der Waals surface area contributed by atoms with E-state index in [4.69, 9.17) is 9.47 Å². The SMILES string of the molecule is O=C(c1cccc(OCc2cscn2)c1)N(Cc1cccc(F)c1)CC1CCCO1. The zero-order valence-electron chi connectivity index (χ0n) is 16.5. The molecule has 156 valence electrons. The lowest BCUT2D eigenvalue weighted by atomic mass is 10.1. The zero-order chi connectivity index (χ0) is 20.8. The van der Waals surface area contributed by atoms with Crippen LogP contribution in [0.25, 0.3) is 0 Å². The molecule has 2 heterocycles. The predicted molar refractivity (Wildman–Crippen MR) is 113 cm³/mol. The Bertz CT molecular complexity index is 974. The van der Waals surface area contributed by atoms with Crippen molar-refractivity contribution in [2.75, 3.05) is 13.2 Å². The summed E-state index contributed by atoms with van der Waals surface area (Å²) in [5, 5.41) is 1.93. The number of amides is 1. The molecular formula is C23H23FN2O3S. The summed E-state index contributed by atoms with van der Waals surface area (Å²) in [4.78, 5) is 19.2. The minimum atomic E-state index is -0.311. The van der Waals surface area contributed by atoms with E-state index in [9.17, 15) is 9.18 Å². The maximum Gasteiger partial charge on any atom is 0.254 e. The summed E-state index contributed by atoms with van der Waals surface area (Å²) in [6.07, 6.45) is 1.92. The van der Waals surface area contributed by atoms with Crippen molar-refractivity contribution in [3.63, 3.8) is 0 Å². The Morgan fingerprint density at radius 1 is 1.27 bits per heavy atom. The van der Waals surface area contributed by atoms with Gasteiger partial charge >= 0.3 is 0 Å². The van der Waals surface area contributed by atoms with Crippen LogP contribution < -0.4 is 4.74 Å². The van der Waals surface area contributed by atoms with E-state index in [0.29, 0.717) is 37.6 Å². The summed E-state index contributed by atoms with van der Waals surface area (Å²) in [6.45, 7) is 1.86. The molecule has 1 amide bonds. The van der Waals surface area contributed by atoms with Gasteiger partial charge in [-0.05, 0) is 48.7 Å². The highest BCUT2D eigenvalue weighted by Gasteiger charge is 2.24. The molecule has 5 nitrogen and oxygen atoms in total. The number of thiazole rings is 1. The number of benzene rings is 2. The first-order valence-electron chi connectivity index (χ1n) is 9.92. The molecule has 0 bridgehead atoms. The van der Waals surface area contributed by atoms with Gasteiger partial charge in [0.15, 0.2) is 0 Å². The van der Waals surface area contributed by atoms with Crippen LogP contribution in [0.3, 0.4) is 0 Å². The van der Waals surface area contributed by atoms with Crippen LogP contribution in [0.5, 0.6) is 5.75 Å². The van der Waals surface area contributed by atoms with Gasteiger partial charge in [0.1, 0.15) is 18.2 Å². The molecule has 2 aromatic carbocycles. The Morgan fingerprint density at radius 3 is 2.93 bits per heavy atom. The minimum absolute atomic E-state index is 0.00612. The van der Waals surface area contributed by atoms with Gasteiger partial charge in [0.25, 0.3) is 5.91 Å². The molecule has 0 saturated carbocycles. The van der Waals surface area contributed by atoms with Gasteiger partial charge in [-0.2, -0.15) is 0 Å². The highest BCUT2D eigenvalue weighted by molar-refractivity contribution is 7.07. The van der Waals surface area contributed by atoms with Crippen LogP contribution in [0.15, 0.2) is 59.4 Å². The second-order valence-corrected chi connectivity index (χ2v) is 7.97. The summed E-state index contributed by atoms with van der Waals surface area (Å²) in [5.74, 6) is 0.167. The van der Waals surface area contributed by atoms with Crippen LogP contribution in [0.4, 0.5) is 4.39 Å². The molecule has 1 saturated heterocycles. The van der Waals surface area contributed by atoms with Crippen LogP contribution in [0.2, 0.25) is 0 Å². The van der Waals surface area contributed by atoms with Gasteiger partial charge in [0.05, 0.1) is 17.3 Å². The lowest BCUT2D eigenvalue weighted by Crippen LogP contribution is -2.37. The van der Waals surface area contributed by atoms with Gasteiger partial charge in [-0.1, -0.05) is 18.2 Å². The number of halogens is 1. The van der Waals surface area contributed by atoms with E-state index in [2.05, 4.69) is 4.98 Å². The number of carbonyl (C=O) groups is 1. The molecule has 1 unspecified atom stereocenters. The Balaban J connectivity index is 1.50. The highest BCUT2D eigenvalue weighted by atomic mass is 32.1. The molecule has 3 aromatic rings. The van der Waals surface area contributed by atoms with Crippen molar-refractivity contribution in [2.24, 2.45) is 0 Å². The Hall–Kier alpha value is -2.77. The second kappa shape index (κ2) is 9.82. The van der Waals surface area contributed by atoms with Crippen molar-refractivity contribution in [1.82, 2.24) is 9.88 Å². The molecule has 1 aromatic heterocycles. The molecule has 1 aliphatic rings. The largest absolute Gasteiger partial charge is 0.487 e. The maximum absolute atomic E-state index is 13.7. The Labute approximate surface area is 179 Å². The third-order valence-electron chi connectivity index (χ3n) is 4.95. The monoisotopic (exact) mass is 426 g/mol. The number of carbonyl (C=O) groups excluding carboxylic acids is 1. The molecule has 0 N–H and O–H groups in total. The first-order chi connectivity index (χ1) is 14.7. The van der Waals surface area contributed by atoms with Gasteiger partial charge in [-0.3, -0.25) is 4.79 Å². The van der Waals surface area contributed by atoms with Crippen molar-refractivity contribution in [2.45, 2.75) is 32.1 Å². The normalized spacial score (nSPS) is 15.8. The summed E-state index contributed by atoms with van der Waals surface area (Å²) in [6, 6.07) is 13.5. The van der Waals surface area contributed by atoms with Crippen molar-refractivity contribution in [1.29, 1.82) is 0 Å². The standard InChI is InChI=1S/C23H23FN2O3S/c24-19-6-1-4-17(10-19)12-26(13-22-8-3-9-28-22)23(27)18-5-2-7-21(11-18)29-14-20-15-30-16-25-20/h1-2,4-7,10-11,15-16,22H,3,8-9,12-14H2. The average Bonchev–Trinajstić information content (AvgIpc) is 3.46. The Morgan fingerprint density at radius 2 is 2.17 bits per heavy atom. The maximum atomic E-state index is 13.7. The van der Waals surface area contributed by atoms with Crippen LogP contribution in [-0.2, 0) is 17.9 Å². The topological polar surface area (TPSA) is 51.7 Å². The third kappa shape index (κ3) is 5.43. The predicted octanol–water partition coefficient (Wildman–Crippen LogP) is 4.68. The molecule has 1 fully saturated rings. The van der Waals surface area contributed by atoms with E-state index in [0.717, 1.165) is 24.1 Å². The summed E-state index contributed by atoms with van der Waals surface area (Å²) < 4.78 is 25.2. The van der Waals surface area contributed by atoms with E-state index >= 15 is 0 Å². The summed E-state index contributed by atoms with van der Waals surface area (Å²) in [5.41, 5.74) is 3.88. The number of hydrogen-bond acceptors (Lipinski definition) is 5. The fourth-order valence-electron chi connectivity index (χ4n) is 3.48. The molecule has 0 radical (unpaired) electrons. The third-order valence-corrected chi connectivity index (χ3v) is 5.58. The van der Waals surface area contributed by atoms with E-state index in [1.807, 2.05) is 17.5 Å². The van der Waals surface area contributed by atoms with E-state index in [1.54, 1.807) is 34.7 Å². The number of rotatable bonds is 8. The average molecular weight is 427 g/mol. The molecule has 0 aliphatic carbocycles. The van der Waals surface area contributed by atoms with Gasteiger partial charge in [0.2, 0.25) is 0 Å². The van der Waals surface area contributed by atoms with Gasteiger partial charge < -0.3 is 14.4 Å². The van der Waals surface area contributed by atoms with Crippen LogP contribution in [0.1, 0.15) is 34.5 Å². The summed E-state index contributed by atoms with van der Waals surface area (Å²) in [7, 11) is 0. The fourth-order valence-corrected chi connectivity index (χ4v) is 4.02. The molecule has 4 rings (SSSR count). The van der Waals surface area contributed by atoms with Gasteiger partial charge in [-0.15, -0.1) is 11.3 Å². The second-order valence-electron chi connectivity index (χ2n) is 7.25. The lowest BCUT2D eigenvalue weighted by molar-refractivity contribution is 0.0506. The van der Waals surface area contributed by atoms with Crippen LogP contribution >= 0.6 is 11.3 Å². The molecular weight excluding hydrogens is 403 g/mol. The molecule has 1 atom stereocenters. The molecule has 7 heteroatoms. The number of aromatic nitrogens is 1. The molecule has 0 spiro atoms. The quantitative estimate of drug-likeness (QED) is 0.525. The fraction of sp³-hybridized carbons (Fsp3) is 0.304. The van der Waals surface area contributed by atoms with Crippen molar-refractivity contribution in [3.8, 4) is 5.75 Å². The van der Waals surface area contributed by atoms with Crippen molar-refractivity contribution >= 4 is 17.2 Å². The van der Waals surface area contributed by atoms with Crippen LogP contribution in [-0.4, -0.2) is 35.0 Å². The molecule has 30 heavy (non-hydrogen) atoms. The van der Waals surface area contributed by atoms with Crippen molar-refractivity contribution in [3.05, 3.63) is 82.1 Å². The van der Waals surface area contributed by atoms with Gasteiger partial charge in [-0.25, -0.2) is 9.37 Å². The highest BCUT2D eigenvalue weighted by Crippen LogP contribution is 2.21. The first-order valence-corrected chi connectivity index (χ1v) is 10.9. The van der Waals surface area contributed by atoms with E-state index in [-0.39, 0.29) is 17.8 Å². The van der Waals surface area contributed by atoms with Crippen LogP contribution in [0, 0.1) is 5.82 Å². The first kappa shape index (κ1) is 20.5. The lowest BCUT2D eigenvalue weighted by Gasteiger charge is -2.26. The number of hydrogen-bond donors (Lipinski definition) is 0. The summed E-state index contributed by atoms with van der Waals surface area (Å²) >= 11 is 1.51. The zero-order valence-corrected chi connectivity index (χ0v) is 17.3. The number of nitrogens with zero attached hydrogens (tertiary/aromatic N) is 2. The number of ether oxygens (including phenoxy) is 2. The van der Waals surface area contributed by atoms with Gasteiger partial charge in [0, 0.05) is 30.6 Å². The van der Waals surface area contributed by atoms with Crippen molar-refractivity contribution < 1.29 is 18.7 Å². The van der Waals surface area contributed by atoms with E-state index < -0.39 is 0 Å². The van der Waals surface area contributed by atoms with E-state index in [1.165, 1.54) is 23.5 Å². The smallest absolute Gasteiger partial charge is 0.254 e. The molecule has 1 aliphatic heterocycles. The minimum Gasteiger partial charge on any atom is -0.487 e.